The van der Waals surface area contributed by atoms with Crippen LogP contribution in [0.4, 0.5) is 0 Å². The minimum atomic E-state index is -0.0183. The summed E-state index contributed by atoms with van der Waals surface area (Å²) in [6.07, 6.45) is 2.34. The molecule has 1 rings (SSSR count). The maximum atomic E-state index is 10.6. The maximum Gasteiger partial charge on any atom is 0.278 e. The first-order valence-electron chi connectivity index (χ1n) is 3.04. The van der Waals surface area contributed by atoms with Crippen molar-refractivity contribution < 1.29 is 9.59 Å². The van der Waals surface area contributed by atoms with Crippen molar-refractivity contribution in [3.63, 3.8) is 0 Å². The third-order valence-electron chi connectivity index (χ3n) is 1.52. The van der Waals surface area contributed by atoms with Crippen LogP contribution in [0.3, 0.4) is 0 Å². The van der Waals surface area contributed by atoms with Gasteiger partial charge in [0, 0.05) is 6.42 Å². The largest absolute Gasteiger partial charge is 0.344 e. The fourth-order valence-electron chi connectivity index (χ4n) is 0.813. The highest BCUT2D eigenvalue weighted by molar-refractivity contribution is 6.64. The smallest absolute Gasteiger partial charge is 0.278 e. The van der Waals surface area contributed by atoms with Crippen molar-refractivity contribution in [3.05, 3.63) is 0 Å². The Morgan fingerprint density at radius 3 is 2.89 bits per heavy atom. The van der Waals surface area contributed by atoms with Gasteiger partial charge in [-0.1, -0.05) is 0 Å². The minimum Gasteiger partial charge on any atom is -0.344 e. The van der Waals surface area contributed by atoms with Crippen LogP contribution in [0, 0.1) is 0 Å². The summed E-state index contributed by atoms with van der Waals surface area (Å²) in [5, 5.41) is 2.80. The first kappa shape index (κ1) is 6.48. The zero-order valence-electron chi connectivity index (χ0n) is 5.09. The van der Waals surface area contributed by atoms with Crippen molar-refractivity contribution in [2.45, 2.75) is 18.9 Å². The van der Waals surface area contributed by atoms with Gasteiger partial charge in [-0.2, -0.15) is 0 Å². The molecule has 1 aliphatic rings. The SMILES string of the molecule is O=CBNC1CCC1=O. The number of nitrogens with one attached hydrogen (secondary N) is 1. The van der Waals surface area contributed by atoms with Gasteiger partial charge in [-0.05, 0) is 6.42 Å². The Kier molecular flexibility index (Phi) is 2.00. The Labute approximate surface area is 54.1 Å². The predicted octanol–water partition coefficient (Wildman–Crippen LogP) is -1.15. The van der Waals surface area contributed by atoms with Gasteiger partial charge in [-0.25, -0.2) is 0 Å². The fourth-order valence-corrected chi connectivity index (χ4v) is 0.813. The third kappa shape index (κ3) is 1.39. The minimum absolute atomic E-state index is 0.0183. The molecule has 0 bridgehead atoms. The van der Waals surface area contributed by atoms with Crippen molar-refractivity contribution in [1.82, 2.24) is 5.23 Å². The molecule has 1 unspecified atom stereocenters. The van der Waals surface area contributed by atoms with Crippen LogP contribution >= 0.6 is 0 Å². The molecule has 1 N–H and O–H groups in total. The molecule has 0 aromatic heterocycles. The van der Waals surface area contributed by atoms with Crippen LogP contribution in [0.1, 0.15) is 12.8 Å². The molecular weight excluding hydrogens is 117 g/mol. The van der Waals surface area contributed by atoms with Crippen LogP contribution in [0.2, 0.25) is 0 Å². The fraction of sp³-hybridized carbons (Fsp3) is 0.600. The lowest BCUT2D eigenvalue weighted by Crippen LogP contribution is -2.46. The van der Waals surface area contributed by atoms with Gasteiger partial charge in [0.05, 0.1) is 12.2 Å². The molecule has 0 aliphatic heterocycles. The molecule has 0 aromatic carbocycles. The van der Waals surface area contributed by atoms with Gasteiger partial charge in [0.15, 0.2) is 0 Å². The van der Waals surface area contributed by atoms with E-state index in [1.807, 2.05) is 0 Å². The van der Waals surface area contributed by atoms with Crippen LogP contribution < -0.4 is 5.23 Å². The monoisotopic (exact) mass is 125 g/mol. The summed E-state index contributed by atoms with van der Waals surface area (Å²) < 4.78 is 0. The Morgan fingerprint density at radius 1 is 1.78 bits per heavy atom. The highest BCUT2D eigenvalue weighted by Gasteiger charge is 2.26. The molecule has 1 fully saturated rings. The van der Waals surface area contributed by atoms with E-state index in [4.69, 9.17) is 0 Å². The summed E-state index contributed by atoms with van der Waals surface area (Å²) >= 11 is 0. The standard InChI is InChI=1S/C5H8BNO2/c8-3-6-7-4-1-2-5(4)9/h3-4,6-7H,1-2H2. The van der Waals surface area contributed by atoms with Crippen molar-refractivity contribution in [2.24, 2.45) is 0 Å². The van der Waals surface area contributed by atoms with Crippen LogP contribution in [0.15, 0.2) is 0 Å². The summed E-state index contributed by atoms with van der Waals surface area (Å²) in [7, 11) is 0.302. The van der Waals surface area contributed by atoms with Gasteiger partial charge in [-0.3, -0.25) is 4.79 Å². The second kappa shape index (κ2) is 2.78. The zero-order chi connectivity index (χ0) is 6.69. The van der Waals surface area contributed by atoms with E-state index in [-0.39, 0.29) is 11.8 Å². The lowest BCUT2D eigenvalue weighted by Gasteiger charge is -2.23. The van der Waals surface area contributed by atoms with Crippen molar-refractivity contribution in [1.29, 1.82) is 0 Å². The molecule has 0 amide bonds. The van der Waals surface area contributed by atoms with E-state index in [9.17, 15) is 9.59 Å². The number of carbonyl (C=O) groups excluding carboxylic acids is 2. The summed E-state index contributed by atoms with van der Waals surface area (Å²) in [4.78, 5) is 20.3. The number of hydrogen-bond donors (Lipinski definition) is 1. The van der Waals surface area contributed by atoms with E-state index in [0.29, 0.717) is 13.8 Å². The van der Waals surface area contributed by atoms with Crippen molar-refractivity contribution in [3.8, 4) is 0 Å². The van der Waals surface area contributed by atoms with Crippen molar-refractivity contribution >= 4 is 19.4 Å². The van der Waals surface area contributed by atoms with Crippen LogP contribution in [0.25, 0.3) is 0 Å². The maximum absolute atomic E-state index is 10.6. The summed E-state index contributed by atoms with van der Waals surface area (Å²) in [6.45, 7) is 0. The number of Topliss-reactive ketones (excluding diaryl/α,β-unsaturated/α-hetero) is 1. The zero-order valence-corrected chi connectivity index (χ0v) is 5.09. The molecular formula is C5H8BNO2. The highest BCUT2D eigenvalue weighted by Crippen LogP contribution is 2.12. The highest BCUT2D eigenvalue weighted by atomic mass is 16.1. The van der Waals surface area contributed by atoms with Gasteiger partial charge in [-0.15, -0.1) is 0 Å². The van der Waals surface area contributed by atoms with Crippen LogP contribution in [-0.4, -0.2) is 25.4 Å². The Bertz CT molecular complexity index is 137. The molecule has 0 spiro atoms. The lowest BCUT2D eigenvalue weighted by molar-refractivity contribution is -0.125. The van der Waals surface area contributed by atoms with Gasteiger partial charge in [0.2, 0.25) is 0 Å². The predicted molar refractivity (Wildman–Crippen MR) is 35.1 cm³/mol. The lowest BCUT2D eigenvalue weighted by atomic mass is 9.85. The number of carbonyl (C=O) groups is 2. The topological polar surface area (TPSA) is 46.2 Å². The molecule has 1 atom stereocenters. The normalized spacial score (nSPS) is 24.9. The Hall–Kier alpha value is -0.635. The average Bonchev–Trinajstić information content (AvgIpc) is 1.86. The van der Waals surface area contributed by atoms with E-state index < -0.39 is 0 Å². The van der Waals surface area contributed by atoms with Crippen LogP contribution in [0.5, 0.6) is 0 Å². The molecule has 3 nitrogen and oxygen atoms in total. The van der Waals surface area contributed by atoms with Crippen LogP contribution in [-0.2, 0) is 9.59 Å². The van der Waals surface area contributed by atoms with Gasteiger partial charge in [0.25, 0.3) is 7.41 Å². The van der Waals surface area contributed by atoms with Gasteiger partial charge < -0.3 is 10.0 Å². The molecule has 0 aromatic rings. The van der Waals surface area contributed by atoms with Crippen molar-refractivity contribution in [2.75, 3.05) is 0 Å². The average molecular weight is 125 g/mol. The molecule has 0 radical (unpaired) electrons. The Balaban J connectivity index is 2.13. The summed E-state index contributed by atoms with van der Waals surface area (Å²) in [6, 6.07) is -0.0183. The number of rotatable bonds is 3. The van der Waals surface area contributed by atoms with Gasteiger partial charge >= 0.3 is 0 Å². The number of ketones is 1. The Morgan fingerprint density at radius 2 is 2.56 bits per heavy atom. The van der Waals surface area contributed by atoms with E-state index in [1.165, 1.54) is 0 Å². The first-order valence-corrected chi connectivity index (χ1v) is 3.04. The summed E-state index contributed by atoms with van der Waals surface area (Å²) in [5.41, 5.74) is 0. The molecule has 0 heterocycles. The molecule has 9 heavy (non-hydrogen) atoms. The first-order chi connectivity index (χ1) is 4.34. The molecule has 1 saturated carbocycles. The molecule has 0 saturated heterocycles. The number of hydrogen-bond acceptors (Lipinski definition) is 3. The molecule has 1 aliphatic carbocycles. The second-order valence-electron chi connectivity index (χ2n) is 2.13. The quantitative estimate of drug-likeness (QED) is 0.382. The molecule has 4 heteroatoms. The molecule has 48 valence electrons. The summed E-state index contributed by atoms with van der Waals surface area (Å²) in [5.74, 6) is 0.233. The van der Waals surface area contributed by atoms with Gasteiger partial charge in [0.1, 0.15) is 5.78 Å². The van der Waals surface area contributed by atoms with E-state index in [0.717, 1.165) is 12.6 Å². The van der Waals surface area contributed by atoms with E-state index in [1.54, 1.807) is 0 Å². The second-order valence-corrected chi connectivity index (χ2v) is 2.13. The van der Waals surface area contributed by atoms with E-state index in [2.05, 4.69) is 5.23 Å². The van der Waals surface area contributed by atoms with E-state index >= 15 is 0 Å². The third-order valence-corrected chi connectivity index (χ3v) is 1.52.